The summed E-state index contributed by atoms with van der Waals surface area (Å²) in [5.41, 5.74) is 4.50. The van der Waals surface area contributed by atoms with Crippen molar-refractivity contribution in [2.75, 3.05) is 7.05 Å². The zero-order valence-corrected chi connectivity index (χ0v) is 4.05. The monoisotopic (exact) mass is 130 g/mol. The molecule has 1 nitrogen and oxygen atoms in total. The molecule has 0 saturated carbocycles. The van der Waals surface area contributed by atoms with Crippen LogP contribution in [0.3, 0.4) is 0 Å². The van der Waals surface area contributed by atoms with Crippen LogP contribution in [0.1, 0.15) is 0 Å². The van der Waals surface area contributed by atoms with Crippen LogP contribution in [0.5, 0.6) is 0 Å². The zero-order chi connectivity index (χ0) is 2.00. The summed E-state index contributed by atoms with van der Waals surface area (Å²) in [6.45, 7) is 0. The summed E-state index contributed by atoms with van der Waals surface area (Å²) in [6, 6.07) is 0. The average molecular weight is 131 g/mol. The van der Waals surface area contributed by atoms with Gasteiger partial charge in [-0.3, -0.25) is 0 Å². The van der Waals surface area contributed by atoms with Gasteiger partial charge in [0.25, 0.3) is 0 Å². The van der Waals surface area contributed by atoms with Crippen LogP contribution in [0.2, 0.25) is 0 Å². The smallest absolute Gasteiger partial charge is 0 e. The molecule has 0 aromatic heterocycles. The van der Waals surface area contributed by atoms with E-state index in [0.717, 1.165) is 0 Å². The van der Waals surface area contributed by atoms with Gasteiger partial charge in [0.1, 0.15) is 0 Å². The fourth-order valence-corrected chi connectivity index (χ4v) is 0. The summed E-state index contributed by atoms with van der Waals surface area (Å²) in [4.78, 5) is 0. The Morgan fingerprint density at radius 3 is 1.25 bits per heavy atom. The van der Waals surface area contributed by atoms with E-state index in [4.69, 9.17) is 0 Å². The fourth-order valence-electron chi connectivity index (χ4n) is 0. The molecule has 0 bridgehead atoms. The van der Waals surface area contributed by atoms with Crippen LogP contribution in [-0.4, -0.2) is 7.05 Å². The van der Waals surface area contributed by atoms with E-state index in [9.17, 15) is 0 Å². The summed E-state index contributed by atoms with van der Waals surface area (Å²) in [5.74, 6) is 0. The average Bonchev–Trinajstić information content (AvgIpc) is 1.00. The van der Waals surface area contributed by atoms with Gasteiger partial charge in [0.05, 0.1) is 0 Å². The van der Waals surface area contributed by atoms with Gasteiger partial charge >= 0.3 is 0 Å². The van der Waals surface area contributed by atoms with Crippen LogP contribution >= 0.6 is 12.4 Å². The van der Waals surface area contributed by atoms with E-state index in [1.54, 1.807) is 0 Å². The fraction of sp³-hybridized carbons (Fsp3) is 1.00. The van der Waals surface area contributed by atoms with Crippen molar-refractivity contribution in [1.82, 2.24) is 0 Å². The quantitative estimate of drug-likeness (QED) is 0.460. The third-order valence-corrected chi connectivity index (χ3v) is 0. The minimum absolute atomic E-state index is 0. The van der Waals surface area contributed by atoms with Gasteiger partial charge in [-0.2, -0.15) is 0 Å². The maximum absolute atomic E-state index is 4.50. The molecule has 0 spiro atoms. The second-order valence-electron chi connectivity index (χ2n) is 0. The Hall–Kier alpha value is 0.769. The van der Waals surface area contributed by atoms with Gasteiger partial charge in [0.15, 0.2) is 0 Å². The van der Waals surface area contributed by atoms with Crippen molar-refractivity contribution < 1.29 is 17.1 Å². The van der Waals surface area contributed by atoms with Gasteiger partial charge < -0.3 is 5.73 Å². The molecule has 0 unspecified atom stereocenters. The number of hydrogen-bond donors (Lipinski definition) is 1. The minimum Gasteiger partial charge on any atom is -0.333 e. The van der Waals surface area contributed by atoms with Gasteiger partial charge in [0, 0.05) is 17.1 Å². The molecule has 0 saturated heterocycles. The molecule has 0 rings (SSSR count). The first-order valence-corrected chi connectivity index (χ1v) is 0.577. The Morgan fingerprint density at radius 1 is 1.25 bits per heavy atom. The summed E-state index contributed by atoms with van der Waals surface area (Å²) in [7, 11) is 1.50. The van der Waals surface area contributed by atoms with Crippen molar-refractivity contribution in [3.63, 3.8) is 0 Å². The molecule has 0 aliphatic carbocycles. The SMILES string of the molecule is CN.Cl.[Cu]. The van der Waals surface area contributed by atoms with Crippen molar-refractivity contribution in [3.8, 4) is 0 Å². The topological polar surface area (TPSA) is 26.0 Å². The predicted molar refractivity (Wildman–Crippen MR) is 17.4 cm³/mol. The molecule has 0 aliphatic heterocycles. The molecule has 0 fully saturated rings. The van der Waals surface area contributed by atoms with Crippen LogP contribution in [-0.2, 0) is 17.1 Å². The van der Waals surface area contributed by atoms with Crippen LogP contribution in [0.25, 0.3) is 0 Å². The Balaban J connectivity index is -0.00000000500. The molecule has 2 N–H and O–H groups in total. The first-order chi connectivity index (χ1) is 1.00. The minimum atomic E-state index is 0. The van der Waals surface area contributed by atoms with Crippen LogP contribution in [0.15, 0.2) is 0 Å². The summed E-state index contributed by atoms with van der Waals surface area (Å²) in [5, 5.41) is 0. The Kier molecular flexibility index (Phi) is 264. The van der Waals surface area contributed by atoms with Gasteiger partial charge in [-0.1, -0.05) is 0 Å². The molecule has 4 heavy (non-hydrogen) atoms. The van der Waals surface area contributed by atoms with Gasteiger partial charge in [0.2, 0.25) is 0 Å². The van der Waals surface area contributed by atoms with Crippen molar-refractivity contribution in [1.29, 1.82) is 0 Å². The third kappa shape index (κ3) is 14.6. The van der Waals surface area contributed by atoms with E-state index in [1.165, 1.54) is 7.05 Å². The summed E-state index contributed by atoms with van der Waals surface area (Å²) >= 11 is 0. The second kappa shape index (κ2) is 48.8. The summed E-state index contributed by atoms with van der Waals surface area (Å²) in [6.07, 6.45) is 0. The molecule has 0 atom stereocenters. The van der Waals surface area contributed by atoms with Gasteiger partial charge in [-0.25, -0.2) is 0 Å². The number of hydrogen-bond acceptors (Lipinski definition) is 1. The van der Waals surface area contributed by atoms with E-state index >= 15 is 0 Å². The Morgan fingerprint density at radius 2 is 1.25 bits per heavy atom. The largest absolute Gasteiger partial charge is 0.333 e. The maximum Gasteiger partial charge on any atom is 0 e. The van der Waals surface area contributed by atoms with E-state index < -0.39 is 0 Å². The zero-order valence-electron chi connectivity index (χ0n) is 2.29. The van der Waals surface area contributed by atoms with Crippen molar-refractivity contribution in [2.45, 2.75) is 0 Å². The molecule has 0 amide bonds. The number of nitrogens with two attached hydrogens (primary N) is 1. The van der Waals surface area contributed by atoms with Gasteiger partial charge in [-0.15, -0.1) is 12.4 Å². The number of halogens is 1. The molecular weight excluding hydrogens is 125 g/mol. The molecular formula is CH6ClCuN. The normalized spacial score (nSPS) is 1.50. The Bertz CT molecular complexity index is 8.00. The first kappa shape index (κ1) is 21.6. The third-order valence-electron chi connectivity index (χ3n) is 0. The molecule has 3 heteroatoms. The molecule has 0 aromatic carbocycles. The molecule has 0 aromatic rings. The van der Waals surface area contributed by atoms with E-state index in [2.05, 4.69) is 5.73 Å². The van der Waals surface area contributed by atoms with Crippen LogP contribution < -0.4 is 5.73 Å². The van der Waals surface area contributed by atoms with Crippen molar-refractivity contribution >= 4 is 12.4 Å². The van der Waals surface area contributed by atoms with E-state index in [-0.39, 0.29) is 29.5 Å². The molecule has 1 radical (unpaired) electrons. The summed E-state index contributed by atoms with van der Waals surface area (Å²) < 4.78 is 0. The van der Waals surface area contributed by atoms with Crippen molar-refractivity contribution in [3.05, 3.63) is 0 Å². The number of rotatable bonds is 0. The van der Waals surface area contributed by atoms with Crippen LogP contribution in [0, 0.1) is 0 Å². The van der Waals surface area contributed by atoms with Crippen molar-refractivity contribution in [2.24, 2.45) is 5.73 Å². The van der Waals surface area contributed by atoms with Crippen LogP contribution in [0.4, 0.5) is 0 Å². The molecule has 33 valence electrons. The van der Waals surface area contributed by atoms with Gasteiger partial charge in [-0.05, 0) is 7.05 Å². The van der Waals surface area contributed by atoms with E-state index in [1.807, 2.05) is 0 Å². The van der Waals surface area contributed by atoms with E-state index in [0.29, 0.717) is 0 Å². The molecule has 0 aliphatic rings. The maximum atomic E-state index is 4.50. The second-order valence-corrected chi connectivity index (χ2v) is 0. The standard InChI is InChI=1S/CH5N.ClH.Cu/c1-2;;/h2H2,1H3;1H;. The molecule has 0 heterocycles. The Labute approximate surface area is 42.8 Å². The first-order valence-electron chi connectivity index (χ1n) is 0.577. The predicted octanol–water partition coefficient (Wildman–Crippen LogP) is -0.00580.